The quantitative estimate of drug-likeness (QED) is 0.150. The lowest BCUT2D eigenvalue weighted by molar-refractivity contribution is 1.28. The fraction of sp³-hybridized carbons (Fsp3) is 0. The van der Waals surface area contributed by atoms with Gasteiger partial charge in [-0.2, -0.15) is 14.0 Å². The zero-order valence-electron chi connectivity index (χ0n) is 27.3. The highest BCUT2D eigenvalue weighted by Crippen LogP contribution is 2.47. The standard InChI is InChI=1S/C44H28N6S/c1-46-42-39(30-45)40(31-22-26-37(27-23-31)49(33-14-6-2-7-15-33)34-16-8-3-9-17-34)43-44(48-51-47-43)41(42)32-24-28-38(29-25-32)50(35-18-10-4-11-19-35)36-20-12-5-13-21-36/h2-29H. The van der Waals surface area contributed by atoms with E-state index in [1.165, 1.54) is 0 Å². The summed E-state index contributed by atoms with van der Waals surface area (Å²) < 4.78 is 9.40. The molecule has 0 amide bonds. The van der Waals surface area contributed by atoms with Gasteiger partial charge in [0.05, 0.1) is 29.9 Å². The van der Waals surface area contributed by atoms with Crippen LogP contribution in [0.1, 0.15) is 5.56 Å². The summed E-state index contributed by atoms with van der Waals surface area (Å²) >= 11 is 1.09. The Morgan fingerprint density at radius 2 is 0.804 bits per heavy atom. The summed E-state index contributed by atoms with van der Waals surface area (Å²) in [6.45, 7) is 8.30. The molecule has 6 nitrogen and oxygen atoms in total. The Balaban J connectivity index is 1.22. The van der Waals surface area contributed by atoms with Gasteiger partial charge in [0, 0.05) is 45.3 Å². The Bertz CT molecular complexity index is 2260. The zero-order valence-corrected chi connectivity index (χ0v) is 28.1. The summed E-state index contributed by atoms with van der Waals surface area (Å²) in [6, 6.07) is 59.3. The van der Waals surface area contributed by atoms with Gasteiger partial charge in [0.25, 0.3) is 0 Å². The summed E-state index contributed by atoms with van der Waals surface area (Å²) in [4.78, 5) is 8.32. The first kappa shape index (κ1) is 31.2. The number of hydrogen-bond donors (Lipinski definition) is 0. The van der Waals surface area contributed by atoms with E-state index in [1.807, 2.05) is 121 Å². The van der Waals surface area contributed by atoms with E-state index >= 15 is 0 Å². The molecule has 0 saturated heterocycles. The molecule has 51 heavy (non-hydrogen) atoms. The first-order valence-corrected chi connectivity index (χ1v) is 17.1. The maximum absolute atomic E-state index is 10.6. The lowest BCUT2D eigenvalue weighted by Crippen LogP contribution is -2.09. The second kappa shape index (κ2) is 13.8. The minimum absolute atomic E-state index is 0.266. The van der Waals surface area contributed by atoms with Gasteiger partial charge in [-0.3, -0.25) is 0 Å². The van der Waals surface area contributed by atoms with Gasteiger partial charge in [0.1, 0.15) is 11.0 Å². The van der Waals surface area contributed by atoms with Crippen molar-refractivity contribution in [2.24, 2.45) is 0 Å². The molecule has 0 bridgehead atoms. The summed E-state index contributed by atoms with van der Waals surface area (Å²) in [6.07, 6.45) is 0. The Hall–Kier alpha value is -7.06. The highest BCUT2D eigenvalue weighted by molar-refractivity contribution is 7.00. The van der Waals surface area contributed by atoms with Crippen LogP contribution in [-0.4, -0.2) is 8.75 Å². The van der Waals surface area contributed by atoms with Crippen LogP contribution in [0.2, 0.25) is 0 Å². The van der Waals surface area contributed by atoms with Gasteiger partial charge in [0.15, 0.2) is 0 Å². The molecule has 1 heterocycles. The first-order valence-electron chi connectivity index (χ1n) is 16.4. The maximum Gasteiger partial charge on any atom is 0.215 e. The van der Waals surface area contributed by atoms with Gasteiger partial charge in [-0.05, 0) is 83.9 Å². The molecule has 0 radical (unpaired) electrons. The molecule has 8 rings (SSSR count). The maximum atomic E-state index is 10.6. The lowest BCUT2D eigenvalue weighted by Gasteiger charge is -2.26. The Morgan fingerprint density at radius 1 is 0.471 bits per heavy atom. The minimum Gasteiger partial charge on any atom is -0.311 e. The molecule has 7 aromatic carbocycles. The molecular weight excluding hydrogens is 645 g/mol. The van der Waals surface area contributed by atoms with Crippen molar-refractivity contribution in [1.29, 1.82) is 5.26 Å². The molecule has 1 aromatic heterocycles. The van der Waals surface area contributed by atoms with Crippen LogP contribution in [0.15, 0.2) is 170 Å². The van der Waals surface area contributed by atoms with E-state index in [0.717, 1.165) is 57.0 Å². The molecular formula is C44H28N6S. The largest absolute Gasteiger partial charge is 0.311 e. The zero-order chi connectivity index (χ0) is 34.6. The van der Waals surface area contributed by atoms with Gasteiger partial charge in [0.2, 0.25) is 5.69 Å². The topological polar surface area (TPSA) is 60.4 Å². The fourth-order valence-corrected chi connectivity index (χ4v) is 7.08. The summed E-state index contributed by atoms with van der Waals surface area (Å²) in [5.41, 5.74) is 10.6. The molecule has 8 aromatic rings. The fourth-order valence-electron chi connectivity index (χ4n) is 6.52. The monoisotopic (exact) mass is 672 g/mol. The number of aromatic nitrogens is 2. The Morgan fingerprint density at radius 3 is 1.16 bits per heavy atom. The molecule has 0 atom stereocenters. The highest BCUT2D eigenvalue weighted by Gasteiger charge is 2.25. The van der Waals surface area contributed by atoms with Crippen molar-refractivity contribution in [3.63, 3.8) is 0 Å². The van der Waals surface area contributed by atoms with E-state index in [1.54, 1.807) is 0 Å². The van der Waals surface area contributed by atoms with Gasteiger partial charge >= 0.3 is 0 Å². The SMILES string of the molecule is [C-]#[N+]c1c(C#N)c(-c2ccc(N(c3ccccc3)c3ccccc3)cc2)c2nsnc2c1-c1ccc(N(c2ccccc2)c2ccccc2)cc1. The normalized spacial score (nSPS) is 10.7. The van der Waals surface area contributed by atoms with E-state index in [2.05, 4.69) is 69.2 Å². The Labute approximate surface area is 300 Å². The third kappa shape index (κ3) is 5.85. The van der Waals surface area contributed by atoms with Crippen LogP contribution in [0.4, 0.5) is 39.8 Å². The number of anilines is 6. The number of rotatable bonds is 8. The first-order chi connectivity index (χ1) is 25.2. The van der Waals surface area contributed by atoms with E-state index in [-0.39, 0.29) is 11.3 Å². The molecule has 0 spiro atoms. The summed E-state index contributed by atoms with van der Waals surface area (Å²) in [5, 5.41) is 10.6. The van der Waals surface area contributed by atoms with Crippen molar-refractivity contribution in [2.45, 2.75) is 0 Å². The molecule has 0 aliphatic rings. The number of fused-ring (bicyclic) bond motifs is 1. The highest BCUT2D eigenvalue weighted by atomic mass is 32.1. The number of nitriles is 1. The number of para-hydroxylation sites is 4. The van der Waals surface area contributed by atoms with Gasteiger partial charge in [-0.15, -0.1) is 0 Å². The summed E-state index contributed by atoms with van der Waals surface area (Å²) in [5.74, 6) is 0. The van der Waals surface area contributed by atoms with Crippen molar-refractivity contribution in [3.05, 3.63) is 187 Å². The third-order valence-corrected chi connectivity index (χ3v) is 9.32. The van der Waals surface area contributed by atoms with Crippen LogP contribution in [0.5, 0.6) is 0 Å². The van der Waals surface area contributed by atoms with Crippen LogP contribution >= 0.6 is 11.7 Å². The van der Waals surface area contributed by atoms with Crippen LogP contribution in [0.3, 0.4) is 0 Å². The van der Waals surface area contributed by atoms with Gasteiger partial charge in [-0.25, -0.2) is 4.85 Å². The van der Waals surface area contributed by atoms with Crippen molar-refractivity contribution in [1.82, 2.24) is 8.75 Å². The lowest BCUT2D eigenvalue weighted by atomic mass is 9.91. The van der Waals surface area contributed by atoms with Crippen molar-refractivity contribution in [3.8, 4) is 28.3 Å². The van der Waals surface area contributed by atoms with Crippen molar-refractivity contribution >= 4 is 62.6 Å². The van der Waals surface area contributed by atoms with Crippen LogP contribution in [0.25, 0.3) is 38.1 Å². The number of hydrogen-bond acceptors (Lipinski definition) is 6. The molecule has 0 unspecified atom stereocenters. The smallest absolute Gasteiger partial charge is 0.215 e. The number of nitrogens with zero attached hydrogens (tertiary/aromatic N) is 6. The van der Waals surface area contributed by atoms with E-state index < -0.39 is 0 Å². The number of benzene rings is 7. The Kier molecular flexibility index (Phi) is 8.46. The summed E-state index contributed by atoms with van der Waals surface area (Å²) in [7, 11) is 0. The molecule has 240 valence electrons. The molecule has 0 saturated carbocycles. The molecule has 0 aliphatic carbocycles. The average molecular weight is 673 g/mol. The second-order valence-corrected chi connectivity index (χ2v) is 12.3. The minimum atomic E-state index is 0.266. The van der Waals surface area contributed by atoms with Gasteiger partial charge in [-0.1, -0.05) is 97.1 Å². The van der Waals surface area contributed by atoms with E-state index in [9.17, 15) is 5.26 Å². The van der Waals surface area contributed by atoms with E-state index in [4.69, 9.17) is 15.3 Å². The molecule has 0 aliphatic heterocycles. The third-order valence-electron chi connectivity index (χ3n) is 8.80. The average Bonchev–Trinajstić information content (AvgIpc) is 3.69. The van der Waals surface area contributed by atoms with Crippen LogP contribution in [0, 0.1) is 17.9 Å². The van der Waals surface area contributed by atoms with E-state index in [0.29, 0.717) is 22.2 Å². The predicted octanol–water partition coefficient (Wildman–Crippen LogP) is 12.4. The van der Waals surface area contributed by atoms with Crippen LogP contribution in [-0.2, 0) is 0 Å². The molecule has 7 heteroatoms. The van der Waals surface area contributed by atoms with Crippen molar-refractivity contribution in [2.75, 3.05) is 9.80 Å². The van der Waals surface area contributed by atoms with Crippen LogP contribution < -0.4 is 9.80 Å². The molecule has 0 N–H and O–H groups in total. The predicted molar refractivity (Wildman–Crippen MR) is 209 cm³/mol. The van der Waals surface area contributed by atoms with Gasteiger partial charge < -0.3 is 9.80 Å². The van der Waals surface area contributed by atoms with Crippen molar-refractivity contribution < 1.29 is 0 Å². The molecule has 0 fully saturated rings. The second-order valence-electron chi connectivity index (χ2n) is 11.8.